The van der Waals surface area contributed by atoms with Crippen LogP contribution in [0.2, 0.25) is 5.02 Å². The molecule has 232 valence electrons. The molecule has 4 aromatic rings. The molecule has 0 saturated heterocycles. The molecule has 0 spiro atoms. The van der Waals surface area contributed by atoms with Gasteiger partial charge in [0.1, 0.15) is 17.2 Å². The maximum absolute atomic E-state index is 14.0. The highest BCUT2D eigenvalue weighted by Crippen LogP contribution is 2.38. The first kappa shape index (κ1) is 32.5. The van der Waals surface area contributed by atoms with Crippen LogP contribution in [0.4, 0.5) is 4.79 Å². The van der Waals surface area contributed by atoms with Crippen molar-refractivity contribution in [3.05, 3.63) is 82.5 Å². The van der Waals surface area contributed by atoms with Crippen LogP contribution in [0, 0.1) is 6.92 Å². The van der Waals surface area contributed by atoms with E-state index in [1.807, 2.05) is 19.3 Å². The molecule has 4 rings (SSSR count). The second kappa shape index (κ2) is 12.7. The minimum absolute atomic E-state index is 0.179. The third-order valence-corrected chi connectivity index (χ3v) is 6.62. The van der Waals surface area contributed by atoms with E-state index >= 15 is 0 Å². The summed E-state index contributed by atoms with van der Waals surface area (Å²) in [7, 11) is 1.81. The van der Waals surface area contributed by atoms with E-state index in [0.717, 1.165) is 11.1 Å². The molecule has 1 N–H and O–H groups in total. The molecule has 0 radical (unpaired) electrons. The van der Waals surface area contributed by atoms with Crippen molar-refractivity contribution in [3.63, 3.8) is 0 Å². The molecule has 0 aliphatic rings. The average Bonchev–Trinajstić information content (AvgIpc) is 3.51. The minimum Gasteiger partial charge on any atom is -0.460 e. The summed E-state index contributed by atoms with van der Waals surface area (Å²) in [5, 5.41) is 11.7. The molecule has 2 heterocycles. The minimum atomic E-state index is -1.02. The molecule has 10 nitrogen and oxygen atoms in total. The maximum atomic E-state index is 14.0. The quantitative estimate of drug-likeness (QED) is 0.161. The average molecular weight is 621 g/mol. The summed E-state index contributed by atoms with van der Waals surface area (Å²) in [6.45, 7) is 12.2. The van der Waals surface area contributed by atoms with E-state index in [1.54, 1.807) is 95.7 Å². The zero-order valence-electron chi connectivity index (χ0n) is 26.1. The Labute approximate surface area is 261 Å². The number of carbonyl (C=O) groups is 3. The summed E-state index contributed by atoms with van der Waals surface area (Å²) < 4.78 is 18.5. The van der Waals surface area contributed by atoms with Crippen molar-refractivity contribution in [3.8, 4) is 22.3 Å². The molecule has 0 aliphatic carbocycles. The van der Waals surface area contributed by atoms with Crippen LogP contribution in [-0.2, 0) is 21.3 Å². The standard InChI is InChI=1S/C33H37ClN4O6/c1-19-28(30(44-37-19)26(16-27(39)42-32(2,3)4)36-31(41)43-33(5,6)7)24-14-11-21(22-17-35-38(8)18-22)15-25(24)29(40)20-9-12-23(34)13-10-20/h9-15,17-18,26H,16H2,1-8H3,(H,36,41)/t26-/m0/s1. The molecule has 0 fully saturated rings. The van der Waals surface area contributed by atoms with Gasteiger partial charge in [0, 0.05) is 35.0 Å². The maximum Gasteiger partial charge on any atom is 0.408 e. The number of nitrogens with one attached hydrogen (secondary N) is 1. The van der Waals surface area contributed by atoms with Gasteiger partial charge < -0.3 is 19.3 Å². The van der Waals surface area contributed by atoms with E-state index in [1.165, 1.54) is 0 Å². The number of hydrogen-bond donors (Lipinski definition) is 1. The molecule has 2 aromatic carbocycles. The molecule has 0 bridgehead atoms. The highest BCUT2D eigenvalue weighted by atomic mass is 35.5. The lowest BCUT2D eigenvalue weighted by Gasteiger charge is -2.24. The number of ether oxygens (including phenoxy) is 2. The number of esters is 1. The molecule has 0 saturated carbocycles. The van der Waals surface area contributed by atoms with Crippen LogP contribution in [0.5, 0.6) is 0 Å². The van der Waals surface area contributed by atoms with Crippen LogP contribution in [-0.4, -0.2) is 44.0 Å². The largest absolute Gasteiger partial charge is 0.460 e. The summed E-state index contributed by atoms with van der Waals surface area (Å²) in [5.74, 6) is -0.654. The van der Waals surface area contributed by atoms with Gasteiger partial charge in [-0.25, -0.2) is 4.79 Å². The van der Waals surface area contributed by atoms with Crippen LogP contribution < -0.4 is 5.32 Å². The zero-order valence-corrected chi connectivity index (χ0v) is 26.9. The molecule has 44 heavy (non-hydrogen) atoms. The predicted molar refractivity (Wildman–Crippen MR) is 166 cm³/mol. The van der Waals surface area contributed by atoms with Crippen molar-refractivity contribution in [2.24, 2.45) is 7.05 Å². The highest BCUT2D eigenvalue weighted by Gasteiger charge is 2.32. The fraction of sp³-hybridized carbons (Fsp3) is 0.364. The fourth-order valence-electron chi connectivity index (χ4n) is 4.62. The van der Waals surface area contributed by atoms with Crippen LogP contribution in [0.3, 0.4) is 0 Å². The number of ketones is 1. The van der Waals surface area contributed by atoms with Gasteiger partial charge in [0.15, 0.2) is 11.5 Å². The first-order chi connectivity index (χ1) is 20.5. The van der Waals surface area contributed by atoms with E-state index in [2.05, 4.69) is 15.6 Å². The molecule has 1 amide bonds. The van der Waals surface area contributed by atoms with Crippen molar-refractivity contribution in [2.45, 2.75) is 72.1 Å². The lowest BCUT2D eigenvalue weighted by molar-refractivity contribution is -0.155. The summed E-state index contributed by atoms with van der Waals surface area (Å²) in [6.07, 6.45) is 2.54. The Hall–Kier alpha value is -4.44. The Bertz CT molecular complexity index is 1650. The van der Waals surface area contributed by atoms with Crippen molar-refractivity contribution in [2.75, 3.05) is 0 Å². The SMILES string of the molecule is Cc1noc([C@H](CC(=O)OC(C)(C)C)NC(=O)OC(C)(C)C)c1-c1ccc(-c2cnn(C)c2)cc1C(=O)c1ccc(Cl)cc1. The molecular formula is C33H37ClN4O6. The van der Waals surface area contributed by atoms with Crippen molar-refractivity contribution >= 4 is 29.4 Å². The van der Waals surface area contributed by atoms with Crippen LogP contribution >= 0.6 is 11.6 Å². The predicted octanol–water partition coefficient (Wildman–Crippen LogP) is 7.23. The Balaban J connectivity index is 1.86. The zero-order chi connectivity index (χ0) is 32.4. The van der Waals surface area contributed by atoms with E-state index in [-0.39, 0.29) is 18.0 Å². The van der Waals surface area contributed by atoms with Crippen molar-refractivity contribution in [1.82, 2.24) is 20.3 Å². The topological polar surface area (TPSA) is 126 Å². The summed E-state index contributed by atoms with van der Waals surface area (Å²) in [6, 6.07) is 11.0. The number of aryl methyl sites for hydroxylation is 2. The third kappa shape index (κ3) is 8.13. The summed E-state index contributed by atoms with van der Waals surface area (Å²) in [4.78, 5) is 40.0. The fourth-order valence-corrected chi connectivity index (χ4v) is 4.74. The summed E-state index contributed by atoms with van der Waals surface area (Å²) in [5.41, 5.74) is 2.25. The van der Waals surface area contributed by atoms with Gasteiger partial charge in [-0.1, -0.05) is 28.9 Å². The number of hydrogen-bond acceptors (Lipinski definition) is 8. The number of rotatable bonds is 8. The summed E-state index contributed by atoms with van der Waals surface area (Å²) >= 11 is 6.10. The van der Waals surface area contributed by atoms with E-state index in [0.29, 0.717) is 33.0 Å². The number of alkyl carbamates (subject to hydrolysis) is 1. The number of nitrogens with zero attached hydrogens (tertiary/aromatic N) is 3. The van der Waals surface area contributed by atoms with Crippen LogP contribution in [0.15, 0.2) is 59.4 Å². The highest BCUT2D eigenvalue weighted by molar-refractivity contribution is 6.30. The first-order valence-electron chi connectivity index (χ1n) is 14.1. The van der Waals surface area contributed by atoms with Gasteiger partial charge in [-0.2, -0.15) is 5.10 Å². The lowest BCUT2D eigenvalue weighted by atomic mass is 9.89. The van der Waals surface area contributed by atoms with Crippen LogP contribution in [0.25, 0.3) is 22.3 Å². The van der Waals surface area contributed by atoms with Gasteiger partial charge in [0.2, 0.25) is 0 Å². The van der Waals surface area contributed by atoms with Gasteiger partial charge in [0.05, 0.1) is 23.9 Å². The molecule has 1 atom stereocenters. The molecular weight excluding hydrogens is 584 g/mol. The Morgan fingerprint density at radius 3 is 2.23 bits per heavy atom. The second-order valence-corrected chi connectivity index (χ2v) is 12.9. The van der Waals surface area contributed by atoms with Gasteiger partial charge in [-0.15, -0.1) is 0 Å². The van der Waals surface area contributed by atoms with Gasteiger partial charge in [-0.3, -0.25) is 14.3 Å². The van der Waals surface area contributed by atoms with Crippen molar-refractivity contribution < 1.29 is 28.4 Å². The Kier molecular flexibility index (Phi) is 9.34. The van der Waals surface area contributed by atoms with E-state index in [9.17, 15) is 14.4 Å². The molecule has 0 unspecified atom stereocenters. The normalized spacial score (nSPS) is 12.5. The number of carbonyl (C=O) groups excluding carboxylic acids is 3. The van der Waals surface area contributed by atoms with Gasteiger partial charge in [0.25, 0.3) is 0 Å². The van der Waals surface area contributed by atoms with Crippen molar-refractivity contribution in [1.29, 1.82) is 0 Å². The number of aromatic nitrogens is 3. The molecule has 0 aliphatic heterocycles. The van der Waals surface area contributed by atoms with E-state index in [4.69, 9.17) is 25.6 Å². The monoisotopic (exact) mass is 620 g/mol. The Morgan fingerprint density at radius 2 is 1.64 bits per heavy atom. The first-order valence-corrected chi connectivity index (χ1v) is 14.5. The third-order valence-electron chi connectivity index (χ3n) is 6.37. The lowest BCUT2D eigenvalue weighted by Crippen LogP contribution is -2.36. The Morgan fingerprint density at radius 1 is 0.977 bits per heavy atom. The number of benzene rings is 2. The molecule has 11 heteroatoms. The van der Waals surface area contributed by atoms with Crippen LogP contribution in [0.1, 0.15) is 81.4 Å². The van der Waals surface area contributed by atoms with Gasteiger partial charge in [-0.05, 0) is 89.9 Å². The molecule has 2 aromatic heterocycles. The second-order valence-electron chi connectivity index (χ2n) is 12.5. The number of amides is 1. The number of halogens is 1. The van der Waals surface area contributed by atoms with Gasteiger partial charge >= 0.3 is 12.1 Å². The smallest absolute Gasteiger partial charge is 0.408 e. The van der Waals surface area contributed by atoms with E-state index < -0.39 is 29.3 Å².